The highest BCUT2D eigenvalue weighted by Gasteiger charge is 2.19. The number of halogens is 2. The van der Waals surface area contributed by atoms with Crippen LogP contribution in [0.5, 0.6) is 0 Å². The largest absolute Gasteiger partial charge is 0.396 e. The van der Waals surface area contributed by atoms with Gasteiger partial charge < -0.3 is 15.7 Å². The Bertz CT molecular complexity index is 453. The summed E-state index contributed by atoms with van der Waals surface area (Å²) in [4.78, 5) is 13.3. The number of anilines is 1. The minimum absolute atomic E-state index is 0.104. The quantitative estimate of drug-likeness (QED) is 0.613. The number of hydrogen-bond acceptors (Lipinski definition) is 3. The van der Waals surface area contributed by atoms with Gasteiger partial charge in [-0.2, -0.15) is 0 Å². The summed E-state index contributed by atoms with van der Waals surface area (Å²) in [7, 11) is 1.52. The van der Waals surface area contributed by atoms with Gasteiger partial charge in [0, 0.05) is 20.2 Å². The maximum Gasteiger partial charge on any atom is 0.256 e. The molecule has 0 unspecified atom stereocenters. The van der Waals surface area contributed by atoms with E-state index in [0.717, 1.165) is 18.6 Å². The molecule has 1 aromatic carbocycles. The van der Waals surface area contributed by atoms with E-state index >= 15 is 0 Å². The van der Waals surface area contributed by atoms with Crippen molar-refractivity contribution in [1.82, 2.24) is 4.90 Å². The number of benzene rings is 1. The Morgan fingerprint density at radius 2 is 2.00 bits per heavy atom. The van der Waals surface area contributed by atoms with E-state index < -0.39 is 17.5 Å². The third-order valence-corrected chi connectivity index (χ3v) is 2.79. The second kappa shape index (κ2) is 7.04. The maximum absolute atomic E-state index is 13.7. The van der Waals surface area contributed by atoms with Crippen molar-refractivity contribution in [2.24, 2.45) is 0 Å². The molecule has 0 saturated carbocycles. The Balaban J connectivity index is 2.71. The molecule has 0 fully saturated rings. The minimum atomic E-state index is -0.895. The second-order valence-electron chi connectivity index (χ2n) is 4.37. The van der Waals surface area contributed by atoms with Gasteiger partial charge in [-0.3, -0.25) is 4.79 Å². The first kappa shape index (κ1) is 15.4. The van der Waals surface area contributed by atoms with Crippen molar-refractivity contribution in [2.75, 3.05) is 25.9 Å². The van der Waals surface area contributed by atoms with Crippen LogP contribution in [0, 0.1) is 11.6 Å². The van der Waals surface area contributed by atoms with Crippen LogP contribution >= 0.6 is 0 Å². The molecule has 1 rings (SSSR count). The summed E-state index contributed by atoms with van der Waals surface area (Å²) in [6.45, 7) is 0.515. The lowest BCUT2D eigenvalue weighted by Gasteiger charge is -2.17. The van der Waals surface area contributed by atoms with E-state index in [1.807, 2.05) is 0 Å². The first-order valence-corrected chi connectivity index (χ1v) is 6.08. The first-order valence-electron chi connectivity index (χ1n) is 6.08. The lowest BCUT2D eigenvalue weighted by Crippen LogP contribution is -2.29. The van der Waals surface area contributed by atoms with Crippen LogP contribution in [0.2, 0.25) is 0 Å². The molecule has 0 atom stereocenters. The van der Waals surface area contributed by atoms with Crippen LogP contribution in [0.4, 0.5) is 14.5 Å². The number of rotatable bonds is 6. The number of carbonyl (C=O) groups is 1. The van der Waals surface area contributed by atoms with E-state index in [-0.39, 0.29) is 17.9 Å². The summed E-state index contributed by atoms with van der Waals surface area (Å²) in [5.41, 5.74) is 4.55. The maximum atomic E-state index is 13.7. The monoisotopic (exact) mass is 272 g/mol. The average Bonchev–Trinajstić information content (AvgIpc) is 2.37. The smallest absolute Gasteiger partial charge is 0.256 e. The van der Waals surface area contributed by atoms with E-state index in [9.17, 15) is 13.6 Å². The van der Waals surface area contributed by atoms with Crippen LogP contribution < -0.4 is 5.73 Å². The number of hydrogen-bond donors (Lipinski definition) is 2. The third-order valence-electron chi connectivity index (χ3n) is 2.79. The van der Waals surface area contributed by atoms with Crippen molar-refractivity contribution in [3.63, 3.8) is 0 Å². The van der Waals surface area contributed by atoms with Gasteiger partial charge >= 0.3 is 0 Å². The summed E-state index contributed by atoms with van der Waals surface area (Å²) in [5.74, 6) is -2.24. The van der Waals surface area contributed by atoms with E-state index in [0.29, 0.717) is 19.4 Å². The van der Waals surface area contributed by atoms with Gasteiger partial charge in [0.25, 0.3) is 5.91 Å². The van der Waals surface area contributed by atoms with Gasteiger partial charge in [0.2, 0.25) is 0 Å². The van der Waals surface area contributed by atoms with Crippen LogP contribution in [0.15, 0.2) is 12.1 Å². The van der Waals surface area contributed by atoms with Crippen LogP contribution in [0.1, 0.15) is 29.6 Å². The lowest BCUT2D eigenvalue weighted by molar-refractivity contribution is 0.0787. The van der Waals surface area contributed by atoms with Crippen molar-refractivity contribution < 1.29 is 18.7 Å². The highest BCUT2D eigenvalue weighted by Crippen LogP contribution is 2.19. The second-order valence-corrected chi connectivity index (χ2v) is 4.37. The molecule has 19 heavy (non-hydrogen) atoms. The van der Waals surface area contributed by atoms with Crippen molar-refractivity contribution in [1.29, 1.82) is 0 Å². The van der Waals surface area contributed by atoms with Gasteiger partial charge in [-0.25, -0.2) is 8.78 Å². The topological polar surface area (TPSA) is 66.6 Å². The molecule has 0 heterocycles. The first-order chi connectivity index (χ1) is 8.97. The predicted octanol–water partition coefficient (Wildman–Crippen LogP) is 1.78. The summed E-state index contributed by atoms with van der Waals surface area (Å²) in [5, 5.41) is 8.63. The fourth-order valence-corrected chi connectivity index (χ4v) is 1.71. The van der Waals surface area contributed by atoms with E-state index in [4.69, 9.17) is 10.8 Å². The van der Waals surface area contributed by atoms with Gasteiger partial charge in [0.15, 0.2) is 5.82 Å². The number of nitrogens with two attached hydrogens (primary N) is 1. The number of amides is 1. The third kappa shape index (κ3) is 4.17. The SMILES string of the molecule is CN(CCCCCO)C(=O)c1cc(F)cc(N)c1F. The number of carbonyl (C=O) groups excluding carboxylic acids is 1. The zero-order valence-corrected chi connectivity index (χ0v) is 10.8. The molecular weight excluding hydrogens is 254 g/mol. The number of nitrogen functional groups attached to an aromatic ring is 1. The van der Waals surface area contributed by atoms with E-state index in [1.54, 1.807) is 0 Å². The molecular formula is C13H18F2N2O2. The van der Waals surface area contributed by atoms with Crippen LogP contribution in [0.25, 0.3) is 0 Å². The molecule has 0 saturated heterocycles. The molecule has 0 bridgehead atoms. The molecule has 1 aromatic rings. The Hall–Kier alpha value is -1.69. The molecule has 0 radical (unpaired) electrons. The fourth-order valence-electron chi connectivity index (χ4n) is 1.71. The molecule has 1 amide bonds. The predicted molar refractivity (Wildman–Crippen MR) is 68.7 cm³/mol. The summed E-state index contributed by atoms with van der Waals surface area (Å²) >= 11 is 0. The van der Waals surface area contributed by atoms with Gasteiger partial charge in [0.05, 0.1) is 11.3 Å². The standard InChI is InChI=1S/C13H18F2N2O2/c1-17(5-3-2-4-6-18)13(19)10-7-9(14)8-11(16)12(10)15/h7-8,18H,2-6,16H2,1H3. The number of aliphatic hydroxyl groups is 1. The number of aliphatic hydroxyl groups excluding tert-OH is 1. The molecule has 4 nitrogen and oxygen atoms in total. The molecule has 0 aliphatic carbocycles. The Kier molecular flexibility index (Phi) is 5.69. The Morgan fingerprint density at radius 1 is 1.32 bits per heavy atom. The molecule has 106 valence electrons. The van der Waals surface area contributed by atoms with E-state index in [1.165, 1.54) is 11.9 Å². The highest BCUT2D eigenvalue weighted by molar-refractivity contribution is 5.95. The number of nitrogens with zero attached hydrogens (tertiary/aromatic N) is 1. The summed E-state index contributed by atoms with van der Waals surface area (Å²) < 4.78 is 26.8. The summed E-state index contributed by atoms with van der Waals surface area (Å²) in [6, 6.07) is 1.69. The van der Waals surface area contributed by atoms with Crippen molar-refractivity contribution in [3.05, 3.63) is 29.3 Å². The Labute approximate surface area is 110 Å². The lowest BCUT2D eigenvalue weighted by atomic mass is 10.1. The van der Waals surface area contributed by atoms with Crippen LogP contribution in [0.3, 0.4) is 0 Å². The molecule has 0 aromatic heterocycles. The average molecular weight is 272 g/mol. The highest BCUT2D eigenvalue weighted by atomic mass is 19.1. The van der Waals surface area contributed by atoms with Crippen molar-refractivity contribution in [2.45, 2.75) is 19.3 Å². The van der Waals surface area contributed by atoms with Crippen LogP contribution in [-0.2, 0) is 0 Å². The van der Waals surface area contributed by atoms with Gasteiger partial charge in [-0.1, -0.05) is 0 Å². The van der Waals surface area contributed by atoms with Crippen molar-refractivity contribution >= 4 is 11.6 Å². The number of unbranched alkanes of at least 4 members (excludes halogenated alkanes) is 2. The molecule has 6 heteroatoms. The van der Waals surface area contributed by atoms with Gasteiger partial charge in [0.1, 0.15) is 5.82 Å². The summed E-state index contributed by atoms with van der Waals surface area (Å²) in [6.07, 6.45) is 2.11. The van der Waals surface area contributed by atoms with E-state index in [2.05, 4.69) is 0 Å². The van der Waals surface area contributed by atoms with Crippen molar-refractivity contribution in [3.8, 4) is 0 Å². The van der Waals surface area contributed by atoms with Crippen LogP contribution in [-0.4, -0.2) is 36.1 Å². The fraction of sp³-hybridized carbons (Fsp3) is 0.462. The van der Waals surface area contributed by atoms with Gasteiger partial charge in [-0.15, -0.1) is 0 Å². The molecule has 0 aliphatic heterocycles. The zero-order valence-electron chi connectivity index (χ0n) is 10.8. The molecule has 0 spiro atoms. The minimum Gasteiger partial charge on any atom is -0.396 e. The van der Waals surface area contributed by atoms with Gasteiger partial charge in [-0.05, 0) is 31.4 Å². The normalized spacial score (nSPS) is 10.5. The molecule has 0 aliphatic rings. The molecule has 3 N–H and O–H groups in total. The Morgan fingerprint density at radius 3 is 2.63 bits per heavy atom. The zero-order chi connectivity index (χ0) is 14.4.